The van der Waals surface area contributed by atoms with Crippen molar-refractivity contribution in [3.63, 3.8) is 0 Å². The molecule has 3 amide bonds. The van der Waals surface area contributed by atoms with E-state index in [1.165, 1.54) is 0 Å². The molecule has 1 fully saturated rings. The molecule has 2 N–H and O–H groups in total. The van der Waals surface area contributed by atoms with E-state index in [-0.39, 0.29) is 18.2 Å². The van der Waals surface area contributed by atoms with E-state index < -0.39 is 5.79 Å². The van der Waals surface area contributed by atoms with Crippen molar-refractivity contribution in [3.05, 3.63) is 89.5 Å². The van der Waals surface area contributed by atoms with Crippen molar-refractivity contribution < 1.29 is 33.3 Å². The Balaban J connectivity index is 0.906. The van der Waals surface area contributed by atoms with Crippen molar-refractivity contribution in [1.29, 1.82) is 0 Å². The Morgan fingerprint density at radius 2 is 1.70 bits per heavy atom. The van der Waals surface area contributed by atoms with E-state index in [0.29, 0.717) is 51.8 Å². The molecule has 0 spiro atoms. The van der Waals surface area contributed by atoms with Gasteiger partial charge in [-0.2, -0.15) is 0 Å². The molecule has 1 saturated heterocycles. The monoisotopic (exact) mass is 603 g/mol. The van der Waals surface area contributed by atoms with Crippen molar-refractivity contribution in [2.45, 2.75) is 58.2 Å². The molecule has 1 unspecified atom stereocenters. The van der Waals surface area contributed by atoms with Crippen LogP contribution in [0.2, 0.25) is 0 Å². The Bertz CT molecular complexity index is 1400. The molecular formula is C34H41N3O7. The Kier molecular flexibility index (Phi) is 10.7. The maximum Gasteiger partial charge on any atom is 0.410 e. The number of hydrogen-bond donors (Lipinski definition) is 2. The summed E-state index contributed by atoms with van der Waals surface area (Å²) in [5, 5.41) is 5.64. The fraction of sp³-hybridized carbons (Fsp3) is 0.412. The molecular weight excluding hydrogens is 562 g/mol. The number of rotatable bonds is 14. The fourth-order valence-electron chi connectivity index (χ4n) is 5.07. The van der Waals surface area contributed by atoms with E-state index in [1.807, 2.05) is 86.6 Å². The van der Waals surface area contributed by atoms with E-state index in [2.05, 4.69) is 10.6 Å². The highest BCUT2D eigenvalue weighted by Gasteiger charge is 2.33. The number of benzene rings is 3. The Morgan fingerprint density at radius 3 is 2.57 bits per heavy atom. The standard InChI is InChI=1S/C34H41N3O7/c1-34(2)42-24-27-21-26(14-15-30(27)44-34)31-22-37(33(39)43-31)16-7-4-8-17-40-18-19-41-23-25-10-9-13-29(20-25)36-32(38)35-28-11-5-3-6-12-28/h3,5-6,9-15,20-21,31H,4,7-8,16-19,22-24H2,1-2H3,(H2,35,36,38). The molecule has 2 aliphatic rings. The molecule has 44 heavy (non-hydrogen) atoms. The summed E-state index contributed by atoms with van der Waals surface area (Å²) >= 11 is 0. The average molecular weight is 604 g/mol. The predicted octanol–water partition coefficient (Wildman–Crippen LogP) is 6.87. The number of nitrogens with one attached hydrogen (secondary N) is 2. The first-order chi connectivity index (χ1) is 21.3. The molecule has 0 bridgehead atoms. The van der Waals surface area contributed by atoms with Gasteiger partial charge in [0.05, 0.1) is 33.0 Å². The number of para-hydroxylation sites is 1. The largest absolute Gasteiger partial charge is 0.463 e. The van der Waals surface area contributed by atoms with Crippen LogP contribution in [0, 0.1) is 0 Å². The predicted molar refractivity (Wildman–Crippen MR) is 167 cm³/mol. The minimum absolute atomic E-state index is 0.272. The van der Waals surface area contributed by atoms with E-state index in [1.54, 1.807) is 4.90 Å². The third kappa shape index (κ3) is 9.19. The zero-order valence-corrected chi connectivity index (χ0v) is 25.4. The number of amides is 3. The van der Waals surface area contributed by atoms with Crippen molar-refractivity contribution in [2.24, 2.45) is 0 Å². The van der Waals surface area contributed by atoms with Gasteiger partial charge in [0.15, 0.2) is 0 Å². The SMILES string of the molecule is CC1(C)OCc2cc(C3CN(CCCCCOCCOCc4cccc(NC(=O)Nc5ccccc5)c4)C(=O)O3)ccc2O1. The minimum Gasteiger partial charge on any atom is -0.463 e. The Morgan fingerprint density at radius 1 is 0.909 bits per heavy atom. The van der Waals surface area contributed by atoms with Crippen LogP contribution in [0.3, 0.4) is 0 Å². The number of nitrogens with zero attached hydrogens (tertiary/aromatic N) is 1. The van der Waals surface area contributed by atoms with Crippen molar-refractivity contribution >= 4 is 23.5 Å². The van der Waals surface area contributed by atoms with Crippen LogP contribution in [0.25, 0.3) is 0 Å². The first kappa shape index (κ1) is 31.3. The van der Waals surface area contributed by atoms with Gasteiger partial charge in [-0.3, -0.25) is 0 Å². The highest BCUT2D eigenvalue weighted by atomic mass is 16.7. The van der Waals surface area contributed by atoms with Gasteiger partial charge >= 0.3 is 12.1 Å². The lowest BCUT2D eigenvalue weighted by molar-refractivity contribution is -0.180. The average Bonchev–Trinajstić information content (AvgIpc) is 3.38. The zero-order chi connectivity index (χ0) is 30.8. The summed E-state index contributed by atoms with van der Waals surface area (Å²) in [6.45, 7) is 7.50. The van der Waals surface area contributed by atoms with Gasteiger partial charge < -0.3 is 39.2 Å². The second-order valence-corrected chi connectivity index (χ2v) is 11.3. The maximum atomic E-state index is 12.4. The normalized spacial score (nSPS) is 17.0. The number of carbonyl (C=O) groups excluding carboxylic acids is 2. The lowest BCUT2D eigenvalue weighted by Crippen LogP contribution is -2.35. The number of anilines is 2. The van der Waals surface area contributed by atoms with Crippen LogP contribution in [0.1, 0.15) is 55.9 Å². The zero-order valence-electron chi connectivity index (χ0n) is 25.4. The van der Waals surface area contributed by atoms with Crippen LogP contribution in [0.5, 0.6) is 5.75 Å². The van der Waals surface area contributed by atoms with Crippen LogP contribution in [-0.2, 0) is 32.2 Å². The van der Waals surface area contributed by atoms with Gasteiger partial charge in [0.25, 0.3) is 0 Å². The van der Waals surface area contributed by atoms with Crippen molar-refractivity contribution in [2.75, 3.05) is 43.5 Å². The van der Waals surface area contributed by atoms with E-state index >= 15 is 0 Å². The minimum atomic E-state index is -0.638. The van der Waals surface area contributed by atoms with Gasteiger partial charge in [0, 0.05) is 43.9 Å². The van der Waals surface area contributed by atoms with Gasteiger partial charge in [0.2, 0.25) is 5.79 Å². The molecule has 5 rings (SSSR count). The first-order valence-electron chi connectivity index (χ1n) is 15.1. The number of fused-ring (bicyclic) bond motifs is 1. The highest BCUT2D eigenvalue weighted by molar-refractivity contribution is 5.99. The van der Waals surface area contributed by atoms with Crippen LogP contribution < -0.4 is 15.4 Å². The number of ether oxygens (including phenoxy) is 5. The summed E-state index contributed by atoms with van der Waals surface area (Å²) in [6.07, 6.45) is 2.19. The summed E-state index contributed by atoms with van der Waals surface area (Å²) < 4.78 is 28.7. The van der Waals surface area contributed by atoms with Gasteiger partial charge in [-0.1, -0.05) is 36.4 Å². The summed E-state index contributed by atoms with van der Waals surface area (Å²) in [4.78, 5) is 26.4. The Labute approximate surface area is 258 Å². The molecule has 3 aromatic rings. The third-order valence-corrected chi connectivity index (χ3v) is 7.35. The van der Waals surface area contributed by atoms with Gasteiger partial charge in [-0.05, 0) is 66.8 Å². The summed E-state index contributed by atoms with van der Waals surface area (Å²) in [7, 11) is 0. The van der Waals surface area contributed by atoms with Crippen LogP contribution >= 0.6 is 0 Å². The van der Waals surface area contributed by atoms with Crippen LogP contribution in [0.15, 0.2) is 72.8 Å². The molecule has 2 heterocycles. The van der Waals surface area contributed by atoms with Crippen LogP contribution in [0.4, 0.5) is 21.0 Å². The second-order valence-electron chi connectivity index (χ2n) is 11.3. The number of urea groups is 1. The number of cyclic esters (lactones) is 1. The first-order valence-corrected chi connectivity index (χ1v) is 15.1. The molecule has 0 radical (unpaired) electrons. The third-order valence-electron chi connectivity index (χ3n) is 7.35. The lowest BCUT2D eigenvalue weighted by atomic mass is 10.0. The molecule has 0 aromatic heterocycles. The molecule has 0 saturated carbocycles. The van der Waals surface area contributed by atoms with Gasteiger partial charge in [-0.15, -0.1) is 0 Å². The quantitative estimate of drug-likeness (QED) is 0.194. The summed E-state index contributed by atoms with van der Waals surface area (Å²) in [5.74, 6) is 0.172. The molecule has 2 aliphatic heterocycles. The second kappa shape index (κ2) is 15.1. The highest BCUT2D eigenvalue weighted by Crippen LogP contribution is 2.35. The van der Waals surface area contributed by atoms with E-state index in [9.17, 15) is 9.59 Å². The molecule has 0 aliphatic carbocycles. The lowest BCUT2D eigenvalue weighted by Gasteiger charge is -2.32. The molecule has 3 aromatic carbocycles. The number of carbonyl (C=O) groups is 2. The summed E-state index contributed by atoms with van der Waals surface area (Å²) in [5.41, 5.74) is 4.31. The summed E-state index contributed by atoms with van der Waals surface area (Å²) in [6, 6.07) is 22.5. The van der Waals surface area contributed by atoms with Crippen LogP contribution in [-0.4, -0.2) is 55.7 Å². The van der Waals surface area contributed by atoms with Gasteiger partial charge in [0.1, 0.15) is 11.9 Å². The van der Waals surface area contributed by atoms with Gasteiger partial charge in [-0.25, -0.2) is 9.59 Å². The number of hydrogen-bond acceptors (Lipinski definition) is 7. The molecule has 10 nitrogen and oxygen atoms in total. The van der Waals surface area contributed by atoms with E-state index in [0.717, 1.165) is 47.4 Å². The topological polar surface area (TPSA) is 108 Å². The smallest absolute Gasteiger partial charge is 0.410 e. The van der Waals surface area contributed by atoms with E-state index in [4.69, 9.17) is 23.7 Å². The maximum absolute atomic E-state index is 12.4. The number of unbranched alkanes of at least 4 members (excludes halogenated alkanes) is 2. The molecule has 234 valence electrons. The molecule has 1 atom stereocenters. The van der Waals surface area contributed by atoms with Crippen molar-refractivity contribution in [3.8, 4) is 5.75 Å². The molecule has 10 heteroatoms. The fourth-order valence-corrected chi connectivity index (χ4v) is 5.07. The Hall–Kier alpha value is -4.12. The van der Waals surface area contributed by atoms with Crippen molar-refractivity contribution in [1.82, 2.24) is 4.90 Å².